The number of ether oxygens (including phenoxy) is 6. The first-order chi connectivity index (χ1) is 63.6. The number of amides is 1. The lowest BCUT2D eigenvalue weighted by Gasteiger charge is -2.36. The number of aliphatic hydroxyl groups is 1. The summed E-state index contributed by atoms with van der Waals surface area (Å²) < 4.78 is 46.2. The molecule has 6 saturated heterocycles. The Morgan fingerprint density at radius 2 is 0.585 bits per heavy atom. The Kier molecular flexibility index (Phi) is 35.7. The maximum Gasteiger partial charge on any atom is 0.219 e. The number of rotatable bonds is 13. The molecule has 1 saturated carbocycles. The molecule has 0 aromatic heterocycles. The summed E-state index contributed by atoms with van der Waals surface area (Å²) >= 11 is 32.9. The van der Waals surface area contributed by atoms with Crippen LogP contribution in [0.4, 0.5) is 4.39 Å². The summed E-state index contributed by atoms with van der Waals surface area (Å²) in [7, 11) is 0. The normalized spacial score (nSPS) is 20.2. The fourth-order valence-corrected chi connectivity index (χ4v) is 18.1. The molecule has 0 bridgehead atoms. The SMILES string of the molecule is C=CN1CCN(C(=S)N/C=C2/COc3ccccc32)CC1.CC(=O)N1CCN(C(=S)N/C=C2/COc3ccccc32)CC1.CCN1CCN(C(=S)N/C=C2/COc3ccccc32)CC1.FCCN1CCN(C(=S)N/C=C2/COc3ccccc32)CC1.OCCN1CCN(C(=S)N/C=C2/COc3ccccc32)CC1.S=C(N/C=C1/COc2ccccc21)N1CCN(C2CC2)CC1. The van der Waals surface area contributed by atoms with Gasteiger partial charge in [-0.1, -0.05) is 123 Å². The van der Waals surface area contributed by atoms with Crippen LogP contribution in [-0.2, 0) is 4.79 Å². The number of carbonyl (C=O) groups excluding carboxylic acids is 1. The van der Waals surface area contributed by atoms with Gasteiger partial charge in [-0.25, -0.2) is 4.39 Å². The third-order valence-corrected chi connectivity index (χ3v) is 27.0. The first kappa shape index (κ1) is 95.5. The average Bonchev–Trinajstić information content (AvgIpc) is 1.71. The topological polar surface area (TPSA) is 204 Å². The van der Waals surface area contributed by atoms with Gasteiger partial charge in [-0.2, -0.15) is 0 Å². The van der Waals surface area contributed by atoms with E-state index in [0.717, 1.165) is 303 Å². The first-order valence-electron chi connectivity index (χ1n) is 45.1. The van der Waals surface area contributed by atoms with Crippen LogP contribution in [-0.4, -0.2) is 336 Å². The van der Waals surface area contributed by atoms with E-state index in [4.69, 9.17) is 107 Å². The van der Waals surface area contributed by atoms with Crippen LogP contribution in [0.15, 0.2) is 196 Å². The van der Waals surface area contributed by atoms with Gasteiger partial charge < -0.3 is 110 Å². The maximum atomic E-state index is 12.3. The van der Waals surface area contributed by atoms with Crippen molar-refractivity contribution in [1.29, 1.82) is 0 Å². The highest BCUT2D eigenvalue weighted by Gasteiger charge is 2.33. The largest absolute Gasteiger partial charge is 0.488 e. The molecule has 13 aliphatic rings. The third-order valence-electron chi connectivity index (χ3n) is 24.7. The lowest BCUT2D eigenvalue weighted by atomic mass is 10.1. The van der Waals surface area contributed by atoms with Gasteiger partial charge in [0.15, 0.2) is 30.7 Å². The van der Waals surface area contributed by atoms with E-state index < -0.39 is 0 Å². The zero-order valence-electron chi connectivity index (χ0n) is 74.3. The second kappa shape index (κ2) is 48.5. The number of hydrogen-bond acceptors (Lipinski definition) is 19. The van der Waals surface area contributed by atoms with Gasteiger partial charge in [0.05, 0.1) is 6.61 Å². The summed E-state index contributed by atoms with van der Waals surface area (Å²) in [5, 5.41) is 33.0. The number of likely N-dealkylation sites (N-methyl/N-ethyl adjacent to an activating group) is 1. The van der Waals surface area contributed by atoms with Crippen LogP contribution in [0.5, 0.6) is 34.5 Å². The van der Waals surface area contributed by atoms with Crippen molar-refractivity contribution in [3.8, 4) is 34.5 Å². The number of fused-ring (bicyclic) bond motifs is 6. The second-order valence-corrected chi connectivity index (χ2v) is 35.2. The predicted molar refractivity (Wildman–Crippen MR) is 540 cm³/mol. The molecule has 0 radical (unpaired) electrons. The molecule has 26 nitrogen and oxygen atoms in total. The minimum absolute atomic E-state index is 0.125. The monoisotopic (exact) mass is 1880 g/mol. The van der Waals surface area contributed by atoms with Crippen LogP contribution in [0.1, 0.15) is 60.1 Å². The van der Waals surface area contributed by atoms with Crippen molar-refractivity contribution in [3.63, 3.8) is 0 Å². The fourth-order valence-electron chi connectivity index (χ4n) is 16.6. The molecule has 6 aromatic rings. The van der Waals surface area contributed by atoms with Gasteiger partial charge in [0.1, 0.15) is 80.8 Å². The summed E-state index contributed by atoms with van der Waals surface area (Å²) in [6, 6.07) is 49.2. The van der Waals surface area contributed by atoms with Crippen molar-refractivity contribution in [2.45, 2.75) is 32.7 Å². The van der Waals surface area contributed by atoms with Crippen LogP contribution < -0.4 is 60.3 Å². The standard InChI is InChI=1S/C17H21N3OS.C16H20FN3OS.C16H19N3O2S.C16H21N3O2S.C16H21N3OS.C16H19N3OS/c22-17(20-9-7-19(8-10-20)14-5-6-14)18-11-13-12-21-16-4-2-1-3-15(13)16;17-5-6-19-7-9-20(10-8-19)16(22)18-11-13-12-21-15-4-2-1-3-14(13)15;1-12(20)18-6-8-19(9-7-18)16(22)17-10-13-11-21-15-5-3-2-4-14(13)15;20-10-9-18-5-7-19(8-6-18)16(22)17-11-13-12-21-15-4-2-1-3-14(13)15;2*1-2-18-7-9-19(10-8-18)16(21)17-11-13-12-20-15-6-4-3-5-14(13)15/h1-4,11,14H,5-10,12H2,(H,18,22);1-4,11H,5-10,12H2,(H,18,22);2-5,10H,6-9,11H2,1H3,(H,17,22);1-4,11,20H,5-10,12H2,(H,17,22);3-6,11H,2,7-10,12H2,1H3,(H,17,21);2-6,11H,1,7-10,12H2,(H,17,21)/b2*13-11-;13-10-;3*13-11-. The lowest BCUT2D eigenvalue weighted by molar-refractivity contribution is -0.130. The highest BCUT2D eigenvalue weighted by molar-refractivity contribution is 7.81. The smallest absolute Gasteiger partial charge is 0.219 e. The van der Waals surface area contributed by atoms with E-state index in [1.165, 1.54) is 12.8 Å². The zero-order chi connectivity index (χ0) is 90.5. The summed E-state index contributed by atoms with van der Waals surface area (Å²) in [5.41, 5.74) is 13.6. The summed E-state index contributed by atoms with van der Waals surface area (Å²) in [4.78, 5) is 37.9. The number of halogens is 1. The molecule has 7 N–H and O–H groups in total. The Hall–Kier alpha value is -10.6. The van der Waals surface area contributed by atoms with Crippen molar-refractivity contribution in [2.75, 3.05) is 230 Å². The van der Waals surface area contributed by atoms with Crippen LogP contribution >= 0.6 is 73.3 Å². The van der Waals surface area contributed by atoms with Crippen molar-refractivity contribution in [1.82, 2.24) is 90.7 Å². The van der Waals surface area contributed by atoms with E-state index >= 15 is 0 Å². The number of para-hydroxylation sites is 6. The summed E-state index contributed by atoms with van der Waals surface area (Å²) in [6.45, 7) is 35.7. The Bertz CT molecular complexity index is 5000. The summed E-state index contributed by atoms with van der Waals surface area (Å²) in [5.74, 6) is 5.74. The average molecular weight is 1880 g/mol. The van der Waals surface area contributed by atoms with Crippen LogP contribution in [0.2, 0.25) is 0 Å². The molecular formula is C97H121FN18O8S6. The fraction of sp³-hybridized carbons (Fsp3) is 0.412. The number of hydrogen-bond donors (Lipinski definition) is 7. The Morgan fingerprint density at radius 1 is 0.354 bits per heavy atom. The molecular weight excluding hydrogens is 1760 g/mol. The molecule has 130 heavy (non-hydrogen) atoms. The number of β-amino-alcohol motifs (C(OH)–C–C–N with tert-alkyl or cyclic N) is 1. The quantitative estimate of drug-likeness (QED) is 0.0538. The molecule has 33 heteroatoms. The Morgan fingerprint density at radius 3 is 0.823 bits per heavy atom. The molecule has 1 amide bonds. The number of aliphatic hydroxyl groups excluding tert-OH is 1. The van der Waals surface area contributed by atoms with Crippen molar-refractivity contribution in [2.24, 2.45) is 0 Å². The molecule has 0 atom stereocenters. The van der Waals surface area contributed by atoms with Crippen molar-refractivity contribution >= 4 is 143 Å². The van der Waals surface area contributed by atoms with Crippen LogP contribution in [0.3, 0.4) is 0 Å². The van der Waals surface area contributed by atoms with Gasteiger partial charge >= 0.3 is 0 Å². The van der Waals surface area contributed by atoms with Crippen LogP contribution in [0.25, 0.3) is 33.4 Å². The van der Waals surface area contributed by atoms with Crippen molar-refractivity contribution in [3.05, 3.63) is 229 Å². The lowest BCUT2D eigenvalue weighted by Crippen LogP contribution is -2.52. The minimum Gasteiger partial charge on any atom is -0.488 e. The summed E-state index contributed by atoms with van der Waals surface area (Å²) in [6.07, 6.45) is 16.4. The van der Waals surface area contributed by atoms with E-state index in [1.807, 2.05) is 164 Å². The zero-order valence-corrected chi connectivity index (χ0v) is 79.2. The van der Waals surface area contributed by atoms with E-state index in [1.54, 1.807) is 6.92 Å². The highest BCUT2D eigenvalue weighted by Crippen LogP contribution is 2.38. The van der Waals surface area contributed by atoms with E-state index in [-0.39, 0.29) is 19.2 Å². The molecule has 19 rings (SSSR count). The number of piperazine rings is 6. The second-order valence-electron chi connectivity index (χ2n) is 32.9. The minimum atomic E-state index is -0.284. The first-order valence-corrected chi connectivity index (χ1v) is 47.5. The highest BCUT2D eigenvalue weighted by atomic mass is 32.1. The van der Waals surface area contributed by atoms with E-state index in [2.05, 4.69) is 130 Å². The number of benzene rings is 6. The van der Waals surface area contributed by atoms with Gasteiger partial charge in [0.2, 0.25) is 5.91 Å². The number of alkyl halides is 1. The van der Waals surface area contributed by atoms with Gasteiger partial charge in [-0.15, -0.1) is 0 Å². The molecule has 12 aliphatic heterocycles. The molecule has 12 heterocycles. The van der Waals surface area contributed by atoms with Gasteiger partial charge in [-0.05, 0) is 135 Å². The molecule has 6 aromatic carbocycles. The van der Waals surface area contributed by atoms with Crippen molar-refractivity contribution < 1.29 is 42.7 Å². The van der Waals surface area contributed by atoms with E-state index in [0.29, 0.717) is 51.3 Å². The van der Waals surface area contributed by atoms with Gasteiger partial charge in [0.25, 0.3) is 0 Å². The third kappa shape index (κ3) is 26.6. The maximum absolute atomic E-state index is 12.3. The molecule has 1 aliphatic carbocycles. The Labute approximate surface area is 796 Å². The molecule has 7 fully saturated rings. The predicted octanol–water partition coefficient (Wildman–Crippen LogP) is 10.3. The molecule has 0 unspecified atom stereocenters. The van der Waals surface area contributed by atoms with Gasteiger partial charge in [-0.3, -0.25) is 19.5 Å². The number of nitrogens with one attached hydrogen (secondary N) is 6. The molecule has 0 spiro atoms. The number of thiocarbonyl (C=S) groups is 6. The van der Waals surface area contributed by atoms with Gasteiger partial charge in [0, 0.05) is 287 Å². The number of nitrogens with zero attached hydrogens (tertiary/aromatic N) is 12. The number of carbonyl (C=O) groups is 1. The van der Waals surface area contributed by atoms with Crippen LogP contribution in [0, 0.1) is 0 Å². The Balaban J connectivity index is 0.000000126. The molecule has 690 valence electrons. The van der Waals surface area contributed by atoms with E-state index in [9.17, 15) is 9.18 Å².